The maximum absolute atomic E-state index is 13.1. The summed E-state index contributed by atoms with van der Waals surface area (Å²) in [5.74, 6) is 0.188. The molecule has 1 fully saturated rings. The zero-order chi connectivity index (χ0) is 28.6. The van der Waals surface area contributed by atoms with Crippen molar-refractivity contribution in [2.24, 2.45) is 0 Å². The average molecular weight is 540 g/mol. The van der Waals surface area contributed by atoms with E-state index in [9.17, 15) is 9.59 Å². The first-order chi connectivity index (χ1) is 19.4. The Labute approximate surface area is 238 Å². The van der Waals surface area contributed by atoms with Gasteiger partial charge in [0.1, 0.15) is 5.75 Å². The quantitative estimate of drug-likeness (QED) is 0.178. The van der Waals surface area contributed by atoms with Crippen molar-refractivity contribution in [2.45, 2.75) is 45.8 Å². The molecule has 4 rings (SSSR count). The molecule has 0 saturated carbocycles. The van der Waals surface area contributed by atoms with Gasteiger partial charge in [0.25, 0.3) is 5.91 Å². The van der Waals surface area contributed by atoms with E-state index in [1.165, 1.54) is 0 Å². The third-order valence-corrected chi connectivity index (χ3v) is 7.81. The zero-order valence-corrected chi connectivity index (χ0v) is 24.1. The van der Waals surface area contributed by atoms with Gasteiger partial charge in [-0.05, 0) is 63.6 Å². The number of para-hydroxylation sites is 1. The molecule has 0 unspecified atom stereocenters. The van der Waals surface area contributed by atoms with Gasteiger partial charge in [-0.15, -0.1) is 6.58 Å². The molecule has 1 aliphatic rings. The van der Waals surface area contributed by atoms with Crippen LogP contribution in [0.15, 0.2) is 91.5 Å². The third-order valence-electron chi connectivity index (χ3n) is 7.81. The molecule has 0 aromatic heterocycles. The Morgan fingerprint density at radius 3 is 2.20 bits per heavy atom. The summed E-state index contributed by atoms with van der Waals surface area (Å²) < 4.78 is 6.02. The topological polar surface area (TPSA) is 53.1 Å². The molecule has 3 atom stereocenters. The highest BCUT2D eigenvalue weighted by Crippen LogP contribution is 2.38. The smallest absolute Gasteiger partial charge is 0.343 e. The summed E-state index contributed by atoms with van der Waals surface area (Å²) in [5.41, 5.74) is 3.15. The predicted octanol–water partition coefficient (Wildman–Crippen LogP) is 6.06. The molecule has 0 aliphatic carbocycles. The highest BCUT2D eigenvalue weighted by Gasteiger charge is 2.36. The van der Waals surface area contributed by atoms with Crippen molar-refractivity contribution >= 4 is 11.9 Å². The van der Waals surface area contributed by atoms with Gasteiger partial charge < -0.3 is 9.64 Å². The Morgan fingerprint density at radius 1 is 0.900 bits per heavy atom. The molecule has 0 N–H and O–H groups in total. The fourth-order valence-corrected chi connectivity index (χ4v) is 5.59. The molecular weight excluding hydrogens is 498 g/mol. The van der Waals surface area contributed by atoms with Crippen LogP contribution in [0.25, 0.3) is 0 Å². The number of carbonyl (C=O) groups excluding carboxylic acids is 2. The number of amides is 1. The average Bonchev–Trinajstić information content (AvgIpc) is 2.98. The van der Waals surface area contributed by atoms with E-state index in [0.29, 0.717) is 36.0 Å². The van der Waals surface area contributed by atoms with Gasteiger partial charge in [0.05, 0.1) is 11.6 Å². The van der Waals surface area contributed by atoms with Crippen molar-refractivity contribution in [3.05, 3.63) is 114 Å². The molecule has 0 bridgehead atoms. The standard InChI is InChI=1S/C34H41N3O3/c1-6-22-36-23-26(5)37(24-25(36)4)32(27-18-20-28(21-19-27)33(38)35(7-2)8-3)30-16-12-13-17-31(30)40-34(39)29-14-10-9-11-15-29/h6,9-21,25-26,32H,1,7-8,22-24H2,2-5H3/t25-,26+,32+/m0/s1. The Morgan fingerprint density at radius 2 is 1.55 bits per heavy atom. The summed E-state index contributed by atoms with van der Waals surface area (Å²) >= 11 is 0. The van der Waals surface area contributed by atoms with Crippen LogP contribution in [0, 0.1) is 0 Å². The number of carbonyl (C=O) groups is 2. The van der Waals surface area contributed by atoms with Gasteiger partial charge in [-0.2, -0.15) is 0 Å². The van der Waals surface area contributed by atoms with Crippen LogP contribution in [0.4, 0.5) is 0 Å². The number of hydrogen-bond acceptors (Lipinski definition) is 5. The lowest BCUT2D eigenvalue weighted by Crippen LogP contribution is -2.57. The van der Waals surface area contributed by atoms with E-state index in [1.807, 2.05) is 91.6 Å². The van der Waals surface area contributed by atoms with Crippen molar-refractivity contribution in [3.63, 3.8) is 0 Å². The van der Waals surface area contributed by atoms with Crippen LogP contribution >= 0.6 is 0 Å². The van der Waals surface area contributed by atoms with E-state index in [1.54, 1.807) is 12.1 Å². The minimum Gasteiger partial charge on any atom is -0.423 e. The molecule has 3 aromatic rings. The molecule has 0 radical (unpaired) electrons. The second kappa shape index (κ2) is 13.6. The molecule has 1 amide bonds. The maximum atomic E-state index is 13.1. The van der Waals surface area contributed by atoms with Gasteiger partial charge in [0, 0.05) is 55.9 Å². The van der Waals surface area contributed by atoms with Crippen LogP contribution in [0.1, 0.15) is 65.6 Å². The molecule has 1 heterocycles. The van der Waals surface area contributed by atoms with Crippen LogP contribution in [0.2, 0.25) is 0 Å². The molecule has 3 aromatic carbocycles. The van der Waals surface area contributed by atoms with Crippen molar-refractivity contribution in [3.8, 4) is 5.75 Å². The number of piperazine rings is 1. The maximum Gasteiger partial charge on any atom is 0.343 e. The van der Waals surface area contributed by atoms with E-state index >= 15 is 0 Å². The fraction of sp³-hybridized carbons (Fsp3) is 0.353. The van der Waals surface area contributed by atoms with Gasteiger partial charge in [0.15, 0.2) is 0 Å². The molecule has 1 aliphatic heterocycles. The summed E-state index contributed by atoms with van der Waals surface area (Å²) in [6.07, 6.45) is 1.96. The van der Waals surface area contributed by atoms with Crippen LogP contribution in [0.3, 0.4) is 0 Å². The van der Waals surface area contributed by atoms with Crippen LogP contribution in [-0.2, 0) is 0 Å². The molecule has 210 valence electrons. The lowest BCUT2D eigenvalue weighted by molar-refractivity contribution is 0.0298. The SMILES string of the molecule is C=CCN1C[C@@H](C)N([C@H](c2ccc(C(=O)N(CC)CC)cc2)c2ccccc2OC(=O)c2ccccc2)C[C@@H]1C. The molecule has 0 spiro atoms. The summed E-state index contributed by atoms with van der Waals surface area (Å²) in [6, 6.07) is 25.2. The summed E-state index contributed by atoms with van der Waals surface area (Å²) in [6.45, 7) is 16.3. The highest BCUT2D eigenvalue weighted by atomic mass is 16.5. The zero-order valence-electron chi connectivity index (χ0n) is 24.1. The van der Waals surface area contributed by atoms with Crippen molar-refractivity contribution in [2.75, 3.05) is 32.7 Å². The third kappa shape index (κ3) is 6.52. The van der Waals surface area contributed by atoms with E-state index in [-0.39, 0.29) is 24.0 Å². The Hall–Kier alpha value is -3.74. The van der Waals surface area contributed by atoms with Crippen molar-refractivity contribution in [1.82, 2.24) is 14.7 Å². The number of esters is 1. The van der Waals surface area contributed by atoms with E-state index < -0.39 is 0 Å². The highest BCUT2D eigenvalue weighted by molar-refractivity contribution is 5.94. The summed E-state index contributed by atoms with van der Waals surface area (Å²) in [5, 5.41) is 0. The first kappa shape index (κ1) is 29.2. The molecule has 40 heavy (non-hydrogen) atoms. The normalized spacial score (nSPS) is 18.6. The Kier molecular flexibility index (Phi) is 9.91. The monoisotopic (exact) mass is 539 g/mol. The van der Waals surface area contributed by atoms with E-state index in [0.717, 1.165) is 30.8 Å². The molecule has 1 saturated heterocycles. The molecular formula is C34H41N3O3. The molecule has 6 nitrogen and oxygen atoms in total. The van der Waals surface area contributed by atoms with E-state index in [4.69, 9.17) is 4.74 Å². The number of rotatable bonds is 10. The fourth-order valence-electron chi connectivity index (χ4n) is 5.59. The number of ether oxygens (including phenoxy) is 1. The first-order valence-corrected chi connectivity index (χ1v) is 14.2. The minimum atomic E-state index is -0.385. The Bertz CT molecular complexity index is 1290. The minimum absolute atomic E-state index is 0.0327. The summed E-state index contributed by atoms with van der Waals surface area (Å²) in [7, 11) is 0. The number of benzene rings is 3. The lowest BCUT2D eigenvalue weighted by Gasteiger charge is -2.47. The first-order valence-electron chi connectivity index (χ1n) is 14.2. The van der Waals surface area contributed by atoms with Gasteiger partial charge >= 0.3 is 5.97 Å². The van der Waals surface area contributed by atoms with Gasteiger partial charge in [-0.3, -0.25) is 14.6 Å². The van der Waals surface area contributed by atoms with Crippen molar-refractivity contribution < 1.29 is 14.3 Å². The Balaban J connectivity index is 1.74. The second-order valence-corrected chi connectivity index (χ2v) is 10.4. The van der Waals surface area contributed by atoms with Gasteiger partial charge in [0.2, 0.25) is 0 Å². The number of nitrogens with zero attached hydrogens (tertiary/aromatic N) is 3. The van der Waals surface area contributed by atoms with Crippen molar-refractivity contribution in [1.29, 1.82) is 0 Å². The summed E-state index contributed by atoms with van der Waals surface area (Å²) in [4.78, 5) is 32.8. The van der Waals surface area contributed by atoms with Crippen LogP contribution in [-0.4, -0.2) is 71.4 Å². The second-order valence-electron chi connectivity index (χ2n) is 10.4. The van der Waals surface area contributed by atoms with Crippen LogP contribution < -0.4 is 4.74 Å². The lowest BCUT2D eigenvalue weighted by atomic mass is 9.92. The van der Waals surface area contributed by atoms with E-state index in [2.05, 4.69) is 30.2 Å². The predicted molar refractivity (Wildman–Crippen MR) is 161 cm³/mol. The largest absolute Gasteiger partial charge is 0.423 e. The molecule has 6 heteroatoms. The van der Waals surface area contributed by atoms with Crippen LogP contribution in [0.5, 0.6) is 5.75 Å². The number of hydrogen-bond donors (Lipinski definition) is 0. The van der Waals surface area contributed by atoms with Gasteiger partial charge in [-0.25, -0.2) is 4.79 Å². The van der Waals surface area contributed by atoms with Gasteiger partial charge in [-0.1, -0.05) is 54.6 Å².